The van der Waals surface area contributed by atoms with Crippen molar-refractivity contribution in [2.75, 3.05) is 7.11 Å². The molecule has 1 nitrogen and oxygen atoms in total. The normalized spacial score (nSPS) is 41.7. The van der Waals surface area contributed by atoms with Crippen molar-refractivity contribution in [2.45, 2.75) is 32.3 Å². The maximum atomic E-state index is 5.31. The maximum absolute atomic E-state index is 5.31. The summed E-state index contributed by atoms with van der Waals surface area (Å²) in [5, 5.41) is 0. The van der Waals surface area contributed by atoms with Gasteiger partial charge in [-0.15, -0.1) is 0 Å². The molecule has 1 radical (unpaired) electrons. The van der Waals surface area contributed by atoms with Crippen molar-refractivity contribution in [3.8, 4) is 0 Å². The summed E-state index contributed by atoms with van der Waals surface area (Å²) >= 11 is 0. The van der Waals surface area contributed by atoms with Crippen LogP contribution in [0.1, 0.15) is 26.2 Å². The van der Waals surface area contributed by atoms with Crippen LogP contribution in [0.3, 0.4) is 0 Å². The van der Waals surface area contributed by atoms with Gasteiger partial charge in [-0.2, -0.15) is 0 Å². The minimum absolute atomic E-state index is 0.420. The van der Waals surface area contributed by atoms with E-state index in [2.05, 4.69) is 13.8 Å². The molecule has 0 bridgehead atoms. The van der Waals surface area contributed by atoms with Gasteiger partial charge in [-0.25, -0.2) is 0 Å². The highest BCUT2D eigenvalue weighted by atomic mass is 16.5. The highest BCUT2D eigenvalue weighted by molar-refractivity contribution is 4.80. The molecule has 3 atom stereocenters. The van der Waals surface area contributed by atoms with Gasteiger partial charge in [0.25, 0.3) is 0 Å². The van der Waals surface area contributed by atoms with E-state index < -0.39 is 0 Å². The molecule has 0 aromatic heterocycles. The fourth-order valence-electron chi connectivity index (χ4n) is 1.68. The van der Waals surface area contributed by atoms with Crippen LogP contribution in [0.4, 0.5) is 0 Å². The first-order valence-corrected chi connectivity index (χ1v) is 4.10. The Bertz CT molecular complexity index is 101. The van der Waals surface area contributed by atoms with E-state index in [-0.39, 0.29) is 0 Å². The number of hydrogen-bond donors (Lipinski definition) is 0. The van der Waals surface area contributed by atoms with Crippen LogP contribution in [0.25, 0.3) is 0 Å². The van der Waals surface area contributed by atoms with Crippen LogP contribution in [0, 0.1) is 18.8 Å². The van der Waals surface area contributed by atoms with E-state index >= 15 is 0 Å². The second kappa shape index (κ2) is 3.38. The quantitative estimate of drug-likeness (QED) is 0.544. The van der Waals surface area contributed by atoms with Crippen molar-refractivity contribution < 1.29 is 4.74 Å². The third kappa shape index (κ3) is 1.72. The predicted molar refractivity (Wildman–Crippen MR) is 42.7 cm³/mol. The monoisotopic (exact) mass is 141 g/mol. The molecule has 10 heavy (non-hydrogen) atoms. The van der Waals surface area contributed by atoms with E-state index in [4.69, 9.17) is 4.74 Å². The van der Waals surface area contributed by atoms with Gasteiger partial charge < -0.3 is 4.74 Å². The van der Waals surface area contributed by atoms with Gasteiger partial charge in [-0.1, -0.05) is 13.3 Å². The maximum Gasteiger partial charge on any atom is 0.0602 e. The van der Waals surface area contributed by atoms with E-state index in [0.717, 1.165) is 5.92 Å². The number of hydrogen-bond acceptors (Lipinski definition) is 1. The van der Waals surface area contributed by atoms with Crippen LogP contribution in [-0.2, 0) is 4.74 Å². The molecule has 0 N–H and O–H groups in total. The number of rotatable bonds is 1. The van der Waals surface area contributed by atoms with E-state index in [1.54, 1.807) is 7.11 Å². The van der Waals surface area contributed by atoms with Crippen molar-refractivity contribution in [1.29, 1.82) is 0 Å². The lowest BCUT2D eigenvalue weighted by Gasteiger charge is -2.31. The molecular formula is C9H17O. The van der Waals surface area contributed by atoms with Gasteiger partial charge in [0, 0.05) is 7.11 Å². The van der Waals surface area contributed by atoms with Crippen molar-refractivity contribution in [1.82, 2.24) is 0 Å². The molecule has 0 saturated heterocycles. The number of ether oxygens (including phenoxy) is 1. The zero-order valence-corrected chi connectivity index (χ0v) is 6.97. The third-order valence-electron chi connectivity index (χ3n) is 2.49. The smallest absolute Gasteiger partial charge is 0.0602 e. The summed E-state index contributed by atoms with van der Waals surface area (Å²) in [6, 6.07) is 0. The average molecular weight is 141 g/mol. The predicted octanol–water partition coefficient (Wildman–Crippen LogP) is 2.27. The minimum atomic E-state index is 0.420. The second-order valence-corrected chi connectivity index (χ2v) is 3.45. The number of methoxy groups -OCH3 is 1. The summed E-state index contributed by atoms with van der Waals surface area (Å²) in [5.74, 6) is 1.36. The van der Waals surface area contributed by atoms with Gasteiger partial charge in [0.1, 0.15) is 0 Å². The van der Waals surface area contributed by atoms with Gasteiger partial charge in [-0.3, -0.25) is 0 Å². The standard InChI is InChI=1S/C9H17O/c1-7-4-5-8(2)9(6-7)10-3/h7-9H,2,4-6H2,1,3H3. The highest BCUT2D eigenvalue weighted by Gasteiger charge is 2.24. The van der Waals surface area contributed by atoms with Crippen molar-refractivity contribution >= 4 is 0 Å². The van der Waals surface area contributed by atoms with Gasteiger partial charge in [-0.05, 0) is 31.6 Å². The molecule has 0 heterocycles. The first-order valence-electron chi connectivity index (χ1n) is 4.10. The first kappa shape index (κ1) is 8.06. The van der Waals surface area contributed by atoms with Crippen LogP contribution < -0.4 is 0 Å². The molecule has 1 aliphatic carbocycles. The lowest BCUT2D eigenvalue weighted by Crippen LogP contribution is -2.28. The summed E-state index contributed by atoms with van der Waals surface area (Å²) in [7, 11) is 1.79. The summed E-state index contributed by atoms with van der Waals surface area (Å²) < 4.78 is 5.31. The third-order valence-corrected chi connectivity index (χ3v) is 2.49. The highest BCUT2D eigenvalue weighted by Crippen LogP contribution is 2.29. The van der Waals surface area contributed by atoms with Gasteiger partial charge in [0.15, 0.2) is 0 Å². The molecule has 1 fully saturated rings. The Kier molecular flexibility index (Phi) is 2.72. The van der Waals surface area contributed by atoms with E-state index in [0.29, 0.717) is 12.0 Å². The Labute approximate surface area is 63.8 Å². The van der Waals surface area contributed by atoms with E-state index in [9.17, 15) is 0 Å². The fourth-order valence-corrected chi connectivity index (χ4v) is 1.68. The van der Waals surface area contributed by atoms with Crippen LogP contribution in [0.5, 0.6) is 0 Å². The second-order valence-electron chi connectivity index (χ2n) is 3.45. The largest absolute Gasteiger partial charge is 0.381 e. The molecule has 1 saturated carbocycles. The SMILES string of the molecule is [CH2]C1CCC(C)CC1OC. The average Bonchev–Trinajstić information content (AvgIpc) is 1.94. The molecule has 59 valence electrons. The van der Waals surface area contributed by atoms with Gasteiger partial charge >= 0.3 is 0 Å². The van der Waals surface area contributed by atoms with E-state index in [1.165, 1.54) is 19.3 Å². The zero-order valence-electron chi connectivity index (χ0n) is 6.97. The topological polar surface area (TPSA) is 9.23 Å². The first-order chi connectivity index (χ1) is 4.74. The lowest BCUT2D eigenvalue weighted by atomic mass is 9.82. The fraction of sp³-hybridized carbons (Fsp3) is 0.889. The molecule has 0 aliphatic heterocycles. The molecule has 0 aromatic carbocycles. The van der Waals surface area contributed by atoms with Crippen LogP contribution in [0.2, 0.25) is 0 Å². The minimum Gasteiger partial charge on any atom is -0.381 e. The summed E-state index contributed by atoms with van der Waals surface area (Å²) in [6.07, 6.45) is 4.18. The molecule has 1 heteroatoms. The Balaban J connectivity index is 2.38. The van der Waals surface area contributed by atoms with Crippen LogP contribution in [0.15, 0.2) is 0 Å². The molecule has 1 aliphatic rings. The molecule has 3 unspecified atom stereocenters. The van der Waals surface area contributed by atoms with Crippen molar-refractivity contribution in [3.63, 3.8) is 0 Å². The molecule has 0 amide bonds. The lowest BCUT2D eigenvalue weighted by molar-refractivity contribution is 0.0240. The molecule has 0 aromatic rings. The zero-order chi connectivity index (χ0) is 7.56. The molecule has 0 spiro atoms. The van der Waals surface area contributed by atoms with Crippen molar-refractivity contribution in [3.05, 3.63) is 6.92 Å². The summed E-state index contributed by atoms with van der Waals surface area (Å²) in [4.78, 5) is 0. The van der Waals surface area contributed by atoms with Gasteiger partial charge in [0.05, 0.1) is 6.10 Å². The summed E-state index contributed by atoms with van der Waals surface area (Å²) in [6.45, 7) is 6.35. The Hall–Kier alpha value is -0.0400. The summed E-state index contributed by atoms with van der Waals surface area (Å²) in [5.41, 5.74) is 0. The Morgan fingerprint density at radius 1 is 1.40 bits per heavy atom. The van der Waals surface area contributed by atoms with Crippen LogP contribution >= 0.6 is 0 Å². The van der Waals surface area contributed by atoms with E-state index in [1.807, 2.05) is 0 Å². The molecule has 1 rings (SSSR count). The Morgan fingerprint density at radius 3 is 2.60 bits per heavy atom. The molecular weight excluding hydrogens is 124 g/mol. The van der Waals surface area contributed by atoms with Crippen LogP contribution in [-0.4, -0.2) is 13.2 Å². The van der Waals surface area contributed by atoms with Gasteiger partial charge in [0.2, 0.25) is 0 Å². The van der Waals surface area contributed by atoms with Crippen molar-refractivity contribution in [2.24, 2.45) is 11.8 Å². The Morgan fingerprint density at radius 2 is 2.10 bits per heavy atom.